The van der Waals surface area contributed by atoms with Gasteiger partial charge in [0.2, 0.25) is 0 Å². The molecule has 0 bridgehead atoms. The Morgan fingerprint density at radius 2 is 2.05 bits per heavy atom. The molecule has 0 aliphatic carbocycles. The molecule has 2 atom stereocenters. The molecule has 1 aromatic rings. The molecule has 0 radical (unpaired) electrons. The van der Waals surface area contributed by atoms with Gasteiger partial charge >= 0.3 is 6.03 Å². The summed E-state index contributed by atoms with van der Waals surface area (Å²) in [4.78, 5) is 13.6. The van der Waals surface area contributed by atoms with E-state index in [1.54, 1.807) is 13.8 Å². The summed E-state index contributed by atoms with van der Waals surface area (Å²) in [7, 11) is -3.10. The number of urea groups is 1. The third-order valence-corrected chi connectivity index (χ3v) is 5.51. The molecule has 8 heteroatoms. The Labute approximate surface area is 128 Å². The summed E-state index contributed by atoms with van der Waals surface area (Å²) in [5, 5.41) is 2.67. The smallest absolute Gasteiger partial charge is 0.318 e. The van der Waals surface area contributed by atoms with E-state index in [1.165, 1.54) is 11.0 Å². The van der Waals surface area contributed by atoms with Gasteiger partial charge in [-0.3, -0.25) is 0 Å². The Hall–Kier alpha value is -1.70. The molecule has 22 heavy (non-hydrogen) atoms. The maximum Gasteiger partial charge on any atom is 0.318 e. The van der Waals surface area contributed by atoms with E-state index in [0.717, 1.165) is 12.1 Å². The quantitative estimate of drug-likeness (QED) is 0.899. The van der Waals surface area contributed by atoms with Crippen molar-refractivity contribution >= 4 is 15.9 Å². The van der Waals surface area contributed by atoms with Crippen molar-refractivity contribution in [2.45, 2.75) is 25.9 Å². The van der Waals surface area contributed by atoms with Crippen LogP contribution in [0.2, 0.25) is 0 Å². The van der Waals surface area contributed by atoms with Gasteiger partial charge in [0.05, 0.1) is 17.5 Å². The largest absolute Gasteiger partial charge is 0.331 e. The van der Waals surface area contributed by atoms with Gasteiger partial charge in [0.25, 0.3) is 0 Å². The molecule has 1 aliphatic rings. The van der Waals surface area contributed by atoms with E-state index in [1.807, 2.05) is 0 Å². The minimum atomic E-state index is -3.10. The van der Waals surface area contributed by atoms with Gasteiger partial charge in [0, 0.05) is 12.6 Å². The van der Waals surface area contributed by atoms with E-state index >= 15 is 0 Å². The predicted molar refractivity (Wildman–Crippen MR) is 78.1 cm³/mol. The predicted octanol–water partition coefficient (Wildman–Crippen LogP) is 1.85. The van der Waals surface area contributed by atoms with Gasteiger partial charge in [-0.15, -0.1) is 0 Å². The van der Waals surface area contributed by atoms with Crippen molar-refractivity contribution in [3.8, 4) is 0 Å². The maximum absolute atomic E-state index is 13.2. The summed E-state index contributed by atoms with van der Waals surface area (Å²) in [6, 6.07) is 2.07. The number of hydrogen-bond acceptors (Lipinski definition) is 3. The average molecular weight is 332 g/mol. The SMILES string of the molecule is CC(NC(=O)N1CCS(=O)(=O)CC1C)c1ccc(F)c(F)c1. The van der Waals surface area contributed by atoms with Crippen LogP contribution in [0.5, 0.6) is 0 Å². The molecule has 1 heterocycles. The Balaban J connectivity index is 2.03. The zero-order valence-corrected chi connectivity index (χ0v) is 13.2. The number of hydrogen-bond donors (Lipinski definition) is 1. The van der Waals surface area contributed by atoms with Crippen molar-refractivity contribution in [2.24, 2.45) is 0 Å². The fourth-order valence-electron chi connectivity index (χ4n) is 2.43. The van der Waals surface area contributed by atoms with Crippen LogP contribution in [0.15, 0.2) is 18.2 Å². The summed E-state index contributed by atoms with van der Waals surface area (Å²) in [6.07, 6.45) is 0. The molecular formula is C14H18F2N2O3S. The number of sulfone groups is 1. The second-order valence-electron chi connectivity index (χ2n) is 5.50. The number of nitrogens with zero attached hydrogens (tertiary/aromatic N) is 1. The maximum atomic E-state index is 13.2. The lowest BCUT2D eigenvalue weighted by Crippen LogP contribution is -2.53. The number of halogens is 2. The average Bonchev–Trinajstić information content (AvgIpc) is 2.40. The first-order chi connectivity index (χ1) is 10.2. The molecule has 1 aliphatic heterocycles. The summed E-state index contributed by atoms with van der Waals surface area (Å²) >= 11 is 0. The van der Waals surface area contributed by atoms with Crippen molar-refractivity contribution in [1.29, 1.82) is 0 Å². The van der Waals surface area contributed by atoms with E-state index < -0.39 is 39.6 Å². The summed E-state index contributed by atoms with van der Waals surface area (Å²) in [5.74, 6) is -2.06. The number of nitrogens with one attached hydrogen (secondary N) is 1. The third kappa shape index (κ3) is 3.73. The highest BCUT2D eigenvalue weighted by Crippen LogP contribution is 2.18. The lowest BCUT2D eigenvalue weighted by Gasteiger charge is -2.34. The number of carbonyl (C=O) groups excluding carboxylic acids is 1. The Kier molecular flexibility index (Phi) is 4.69. The molecule has 2 amide bonds. The lowest BCUT2D eigenvalue weighted by molar-refractivity contribution is 0.182. The first-order valence-corrected chi connectivity index (χ1v) is 8.74. The van der Waals surface area contributed by atoms with E-state index in [2.05, 4.69) is 5.32 Å². The molecule has 0 spiro atoms. The highest BCUT2D eigenvalue weighted by atomic mass is 32.2. The van der Waals surface area contributed by atoms with Crippen LogP contribution in [0.3, 0.4) is 0 Å². The van der Waals surface area contributed by atoms with Crippen LogP contribution in [-0.4, -0.2) is 43.4 Å². The Morgan fingerprint density at radius 3 is 2.64 bits per heavy atom. The van der Waals surface area contributed by atoms with Crippen LogP contribution in [-0.2, 0) is 9.84 Å². The zero-order chi connectivity index (χ0) is 16.5. The molecule has 0 aromatic heterocycles. The third-order valence-electron chi connectivity index (χ3n) is 3.71. The molecule has 1 aromatic carbocycles. The number of carbonyl (C=O) groups is 1. The molecule has 1 fully saturated rings. The highest BCUT2D eigenvalue weighted by molar-refractivity contribution is 7.91. The fraction of sp³-hybridized carbons (Fsp3) is 0.500. The van der Waals surface area contributed by atoms with Crippen molar-refractivity contribution in [3.05, 3.63) is 35.4 Å². The second kappa shape index (κ2) is 6.20. The minimum absolute atomic E-state index is 0.0652. The lowest BCUT2D eigenvalue weighted by atomic mass is 10.1. The van der Waals surface area contributed by atoms with Crippen LogP contribution in [0.1, 0.15) is 25.5 Å². The van der Waals surface area contributed by atoms with Crippen LogP contribution >= 0.6 is 0 Å². The number of rotatable bonds is 2. The van der Waals surface area contributed by atoms with Crippen molar-refractivity contribution < 1.29 is 22.0 Å². The van der Waals surface area contributed by atoms with Gasteiger partial charge in [0.1, 0.15) is 0 Å². The van der Waals surface area contributed by atoms with Crippen LogP contribution in [0.25, 0.3) is 0 Å². The standard InChI is InChI=1S/C14H18F2N2O3S/c1-9-8-22(20,21)6-5-18(9)14(19)17-10(2)11-3-4-12(15)13(16)7-11/h3-4,7,9-10H,5-6,8H2,1-2H3,(H,17,19). The van der Waals surface area contributed by atoms with Gasteiger partial charge in [-0.05, 0) is 31.5 Å². The first kappa shape index (κ1) is 16.7. The summed E-state index contributed by atoms with van der Waals surface area (Å²) < 4.78 is 49.1. The number of benzene rings is 1. The molecule has 2 rings (SSSR count). The zero-order valence-electron chi connectivity index (χ0n) is 12.3. The molecular weight excluding hydrogens is 314 g/mol. The minimum Gasteiger partial charge on any atom is -0.331 e. The Morgan fingerprint density at radius 1 is 1.36 bits per heavy atom. The van der Waals surface area contributed by atoms with Gasteiger partial charge in [-0.25, -0.2) is 22.0 Å². The van der Waals surface area contributed by atoms with Crippen LogP contribution in [0.4, 0.5) is 13.6 Å². The van der Waals surface area contributed by atoms with Crippen molar-refractivity contribution in [1.82, 2.24) is 10.2 Å². The van der Waals surface area contributed by atoms with E-state index in [9.17, 15) is 22.0 Å². The normalized spacial score (nSPS) is 22.2. The molecule has 122 valence electrons. The van der Waals surface area contributed by atoms with Crippen molar-refractivity contribution in [2.75, 3.05) is 18.1 Å². The second-order valence-corrected chi connectivity index (χ2v) is 7.73. The molecule has 0 saturated carbocycles. The molecule has 1 N–H and O–H groups in total. The fourth-order valence-corrected chi connectivity index (χ4v) is 3.99. The van der Waals surface area contributed by atoms with Gasteiger partial charge in [0.15, 0.2) is 21.5 Å². The monoisotopic (exact) mass is 332 g/mol. The highest BCUT2D eigenvalue weighted by Gasteiger charge is 2.31. The topological polar surface area (TPSA) is 66.5 Å². The Bertz CT molecular complexity index is 679. The van der Waals surface area contributed by atoms with Crippen LogP contribution in [0, 0.1) is 11.6 Å². The summed E-state index contributed by atoms with van der Waals surface area (Å²) in [5.41, 5.74) is 0.435. The van der Waals surface area contributed by atoms with Gasteiger partial charge in [-0.1, -0.05) is 6.07 Å². The molecule has 1 saturated heterocycles. The first-order valence-electron chi connectivity index (χ1n) is 6.92. The summed E-state index contributed by atoms with van der Waals surface area (Å²) in [6.45, 7) is 3.44. The van der Waals surface area contributed by atoms with Crippen molar-refractivity contribution in [3.63, 3.8) is 0 Å². The van der Waals surface area contributed by atoms with E-state index in [0.29, 0.717) is 5.56 Å². The molecule has 5 nitrogen and oxygen atoms in total. The van der Waals surface area contributed by atoms with Gasteiger partial charge in [-0.2, -0.15) is 0 Å². The van der Waals surface area contributed by atoms with Gasteiger partial charge < -0.3 is 10.2 Å². The van der Waals surface area contributed by atoms with E-state index in [-0.39, 0.29) is 18.1 Å². The number of amides is 2. The van der Waals surface area contributed by atoms with Crippen LogP contribution < -0.4 is 5.32 Å². The molecule has 2 unspecified atom stereocenters. The van der Waals surface area contributed by atoms with E-state index in [4.69, 9.17) is 0 Å².